The van der Waals surface area contributed by atoms with Gasteiger partial charge >= 0.3 is 0 Å². The fourth-order valence-electron chi connectivity index (χ4n) is 3.78. The van der Waals surface area contributed by atoms with E-state index in [0.29, 0.717) is 19.1 Å². The van der Waals surface area contributed by atoms with Gasteiger partial charge in [-0.3, -0.25) is 4.79 Å². The van der Waals surface area contributed by atoms with Crippen molar-refractivity contribution in [2.45, 2.75) is 50.7 Å². The minimum Gasteiger partial charge on any atom is -0.363 e. The number of nitrogens with two attached hydrogens (primary N) is 1. The van der Waals surface area contributed by atoms with E-state index in [4.69, 9.17) is 10.5 Å². The van der Waals surface area contributed by atoms with Crippen molar-refractivity contribution in [1.29, 1.82) is 0 Å². The number of hydrogen-bond acceptors (Lipinski definition) is 3. The van der Waals surface area contributed by atoms with Gasteiger partial charge in [0.1, 0.15) is 0 Å². The van der Waals surface area contributed by atoms with Crippen LogP contribution in [0.5, 0.6) is 0 Å². The van der Waals surface area contributed by atoms with Crippen molar-refractivity contribution in [3.8, 4) is 0 Å². The minimum atomic E-state index is -0.484. The molecule has 1 saturated carbocycles. The van der Waals surface area contributed by atoms with Crippen LogP contribution in [-0.2, 0) is 16.0 Å². The molecular formula is C18H26N2O2. The summed E-state index contributed by atoms with van der Waals surface area (Å²) in [5.41, 5.74) is 8.14. The van der Waals surface area contributed by atoms with Crippen molar-refractivity contribution in [3.05, 3.63) is 35.4 Å². The zero-order valence-electron chi connectivity index (χ0n) is 13.1. The van der Waals surface area contributed by atoms with Crippen molar-refractivity contribution in [3.63, 3.8) is 0 Å². The van der Waals surface area contributed by atoms with Crippen molar-refractivity contribution in [2.75, 3.05) is 13.2 Å². The second-order valence-corrected chi connectivity index (χ2v) is 6.45. The number of rotatable bonds is 4. The number of hydrogen-bond donors (Lipinski definition) is 2. The maximum atomic E-state index is 12.7. The zero-order valence-corrected chi connectivity index (χ0v) is 13.1. The highest BCUT2D eigenvalue weighted by Gasteiger charge is 2.31. The number of fused-ring (bicyclic) bond motifs is 1. The van der Waals surface area contributed by atoms with Crippen LogP contribution >= 0.6 is 0 Å². The highest BCUT2D eigenvalue weighted by Crippen LogP contribution is 2.29. The predicted molar refractivity (Wildman–Crippen MR) is 86.4 cm³/mol. The summed E-state index contributed by atoms with van der Waals surface area (Å²) in [7, 11) is 0. The molecule has 1 amide bonds. The van der Waals surface area contributed by atoms with E-state index in [9.17, 15) is 4.79 Å². The molecule has 22 heavy (non-hydrogen) atoms. The summed E-state index contributed by atoms with van der Waals surface area (Å²) in [6, 6.07) is 8.14. The molecule has 4 nitrogen and oxygen atoms in total. The zero-order chi connectivity index (χ0) is 15.4. The molecule has 120 valence electrons. The highest BCUT2D eigenvalue weighted by molar-refractivity contribution is 5.83. The molecule has 1 aromatic carbocycles. The van der Waals surface area contributed by atoms with Gasteiger partial charge in [0.15, 0.2) is 6.10 Å². The van der Waals surface area contributed by atoms with Crippen molar-refractivity contribution < 1.29 is 9.53 Å². The molecular weight excluding hydrogens is 276 g/mol. The SMILES string of the molecule is NCC(NC(=O)C1OCCc2ccccc21)C1CCCCC1. The van der Waals surface area contributed by atoms with Crippen LogP contribution in [0.1, 0.15) is 49.3 Å². The van der Waals surface area contributed by atoms with Crippen molar-refractivity contribution >= 4 is 5.91 Å². The third kappa shape index (κ3) is 3.33. The Morgan fingerprint density at radius 2 is 2.05 bits per heavy atom. The highest BCUT2D eigenvalue weighted by atomic mass is 16.5. The van der Waals surface area contributed by atoms with E-state index >= 15 is 0 Å². The summed E-state index contributed by atoms with van der Waals surface area (Å²) in [6.45, 7) is 1.11. The Labute approximate surface area is 132 Å². The monoisotopic (exact) mass is 302 g/mol. The maximum Gasteiger partial charge on any atom is 0.254 e. The fourth-order valence-corrected chi connectivity index (χ4v) is 3.78. The summed E-state index contributed by atoms with van der Waals surface area (Å²) < 4.78 is 5.75. The topological polar surface area (TPSA) is 64.3 Å². The second-order valence-electron chi connectivity index (χ2n) is 6.45. The number of carbonyl (C=O) groups is 1. The van der Waals surface area contributed by atoms with E-state index in [1.54, 1.807) is 0 Å². The van der Waals surface area contributed by atoms with Gasteiger partial charge in [0.2, 0.25) is 0 Å². The lowest BCUT2D eigenvalue weighted by molar-refractivity contribution is -0.135. The molecule has 2 unspecified atom stereocenters. The number of nitrogens with one attached hydrogen (secondary N) is 1. The van der Waals surface area contributed by atoms with E-state index < -0.39 is 6.10 Å². The van der Waals surface area contributed by atoms with Crippen LogP contribution in [0, 0.1) is 5.92 Å². The van der Waals surface area contributed by atoms with Crippen LogP contribution in [0.3, 0.4) is 0 Å². The largest absolute Gasteiger partial charge is 0.363 e. The predicted octanol–water partition coefficient (Wildman–Crippen LogP) is 2.32. The van der Waals surface area contributed by atoms with E-state index in [2.05, 4.69) is 11.4 Å². The Morgan fingerprint density at radius 1 is 1.27 bits per heavy atom. The standard InChI is InChI=1S/C18H26N2O2/c19-12-16(14-7-2-1-3-8-14)20-18(21)17-15-9-5-4-6-13(15)10-11-22-17/h4-6,9,14,16-17H,1-3,7-8,10-12,19H2,(H,20,21). The molecule has 0 aromatic heterocycles. The number of ether oxygens (including phenoxy) is 1. The smallest absolute Gasteiger partial charge is 0.254 e. The number of amides is 1. The lowest BCUT2D eigenvalue weighted by Gasteiger charge is -2.32. The number of benzene rings is 1. The lowest BCUT2D eigenvalue weighted by Crippen LogP contribution is -2.48. The summed E-state index contributed by atoms with van der Waals surface area (Å²) in [5.74, 6) is 0.481. The Balaban J connectivity index is 1.68. The Hall–Kier alpha value is -1.39. The molecule has 2 atom stereocenters. The van der Waals surface area contributed by atoms with Crippen molar-refractivity contribution in [1.82, 2.24) is 5.32 Å². The summed E-state index contributed by atoms with van der Waals surface area (Å²) >= 11 is 0. The first-order valence-electron chi connectivity index (χ1n) is 8.49. The van der Waals surface area contributed by atoms with Crippen LogP contribution in [0.25, 0.3) is 0 Å². The first kappa shape index (κ1) is 15.5. The van der Waals surface area contributed by atoms with Gasteiger partial charge in [-0.25, -0.2) is 0 Å². The first-order chi connectivity index (χ1) is 10.8. The van der Waals surface area contributed by atoms with E-state index in [-0.39, 0.29) is 11.9 Å². The Morgan fingerprint density at radius 3 is 2.82 bits per heavy atom. The van der Waals surface area contributed by atoms with Gasteiger partial charge in [0.25, 0.3) is 5.91 Å². The van der Waals surface area contributed by atoms with E-state index in [1.807, 2.05) is 18.2 Å². The average molecular weight is 302 g/mol. The van der Waals surface area contributed by atoms with Gasteiger partial charge in [-0.1, -0.05) is 43.5 Å². The third-order valence-electron chi connectivity index (χ3n) is 5.03. The van der Waals surface area contributed by atoms with E-state index in [0.717, 1.165) is 12.0 Å². The van der Waals surface area contributed by atoms with Crippen LogP contribution in [0.2, 0.25) is 0 Å². The second kappa shape index (κ2) is 7.25. The molecule has 0 saturated heterocycles. The van der Waals surface area contributed by atoms with Crippen LogP contribution in [0.4, 0.5) is 0 Å². The summed E-state index contributed by atoms with van der Waals surface area (Å²) in [6.07, 6.45) is 6.54. The Kier molecular flexibility index (Phi) is 5.11. The van der Waals surface area contributed by atoms with Crippen LogP contribution in [0.15, 0.2) is 24.3 Å². The third-order valence-corrected chi connectivity index (χ3v) is 5.03. The lowest BCUT2D eigenvalue weighted by atomic mass is 9.83. The maximum absolute atomic E-state index is 12.7. The summed E-state index contributed by atoms with van der Waals surface area (Å²) in [5, 5.41) is 3.16. The first-order valence-corrected chi connectivity index (χ1v) is 8.49. The molecule has 1 fully saturated rings. The van der Waals surface area contributed by atoms with Crippen LogP contribution in [-0.4, -0.2) is 25.1 Å². The molecule has 3 N–H and O–H groups in total. The van der Waals surface area contributed by atoms with Gasteiger partial charge in [0, 0.05) is 12.6 Å². The normalized spacial score (nSPS) is 23.6. The molecule has 1 heterocycles. The molecule has 3 rings (SSSR count). The molecule has 1 aliphatic carbocycles. The van der Waals surface area contributed by atoms with E-state index in [1.165, 1.54) is 37.7 Å². The van der Waals surface area contributed by atoms with Gasteiger partial charge in [0.05, 0.1) is 6.61 Å². The molecule has 0 spiro atoms. The Bertz CT molecular complexity index is 512. The summed E-state index contributed by atoms with van der Waals surface area (Å²) in [4.78, 5) is 12.7. The molecule has 2 aliphatic rings. The number of carbonyl (C=O) groups excluding carboxylic acids is 1. The minimum absolute atomic E-state index is 0.0341. The molecule has 1 aliphatic heterocycles. The van der Waals surface area contributed by atoms with Crippen LogP contribution < -0.4 is 11.1 Å². The quantitative estimate of drug-likeness (QED) is 0.897. The molecule has 0 bridgehead atoms. The van der Waals surface area contributed by atoms with Gasteiger partial charge in [-0.2, -0.15) is 0 Å². The molecule has 1 aromatic rings. The van der Waals surface area contributed by atoms with Gasteiger partial charge in [-0.05, 0) is 36.3 Å². The van der Waals surface area contributed by atoms with Crippen molar-refractivity contribution in [2.24, 2.45) is 11.7 Å². The van der Waals surface area contributed by atoms with Gasteiger partial charge in [-0.15, -0.1) is 0 Å². The van der Waals surface area contributed by atoms with Gasteiger partial charge < -0.3 is 15.8 Å². The molecule has 4 heteroatoms. The fraction of sp³-hybridized carbons (Fsp3) is 0.611. The molecule has 0 radical (unpaired) electrons. The average Bonchev–Trinajstić information content (AvgIpc) is 2.59.